The summed E-state index contributed by atoms with van der Waals surface area (Å²) in [4.78, 5) is 9.82. The second-order valence-electron chi connectivity index (χ2n) is 5.16. The third kappa shape index (κ3) is 3.91. The van der Waals surface area contributed by atoms with Crippen molar-refractivity contribution in [1.29, 1.82) is 0 Å². The number of nitro benzene ring substituents is 1. The Morgan fingerprint density at radius 1 is 1.26 bits per heavy atom. The molecule has 0 radical (unpaired) electrons. The standard InChI is InChI=1S/C14H19FN2O2/c15-13-9-12(7-8-14(13)17(18)19)16-10-11-5-3-1-2-4-6-11/h7-9,11,16H,1-6,10H2. The van der Waals surface area contributed by atoms with E-state index >= 15 is 0 Å². The van der Waals surface area contributed by atoms with Crippen LogP contribution in [0.5, 0.6) is 0 Å². The van der Waals surface area contributed by atoms with Gasteiger partial charge in [-0.1, -0.05) is 25.7 Å². The van der Waals surface area contributed by atoms with Crippen LogP contribution in [0, 0.1) is 21.8 Å². The molecule has 0 bridgehead atoms. The van der Waals surface area contributed by atoms with E-state index in [0.717, 1.165) is 6.54 Å². The van der Waals surface area contributed by atoms with Crippen LogP contribution in [-0.2, 0) is 0 Å². The summed E-state index contributed by atoms with van der Waals surface area (Å²) in [6.07, 6.45) is 7.57. The molecular weight excluding hydrogens is 247 g/mol. The van der Waals surface area contributed by atoms with Crippen molar-refractivity contribution in [3.63, 3.8) is 0 Å². The first kappa shape index (κ1) is 13.8. The molecule has 4 nitrogen and oxygen atoms in total. The van der Waals surface area contributed by atoms with Crippen molar-refractivity contribution >= 4 is 11.4 Å². The van der Waals surface area contributed by atoms with Crippen molar-refractivity contribution in [3.8, 4) is 0 Å². The normalized spacial score (nSPS) is 16.9. The molecule has 1 aromatic rings. The Labute approximate surface area is 112 Å². The number of nitrogens with one attached hydrogen (secondary N) is 1. The fourth-order valence-corrected chi connectivity index (χ4v) is 2.60. The molecule has 104 valence electrons. The second-order valence-corrected chi connectivity index (χ2v) is 5.16. The van der Waals surface area contributed by atoms with Gasteiger partial charge >= 0.3 is 5.69 Å². The fraction of sp³-hybridized carbons (Fsp3) is 0.571. The van der Waals surface area contributed by atoms with Crippen molar-refractivity contribution in [2.24, 2.45) is 5.92 Å². The van der Waals surface area contributed by atoms with Gasteiger partial charge < -0.3 is 5.32 Å². The highest BCUT2D eigenvalue weighted by Gasteiger charge is 2.15. The van der Waals surface area contributed by atoms with Gasteiger partial charge in [0, 0.05) is 24.4 Å². The van der Waals surface area contributed by atoms with Crippen LogP contribution in [0.15, 0.2) is 18.2 Å². The molecular formula is C14H19FN2O2. The second kappa shape index (κ2) is 6.50. The molecule has 1 aliphatic rings. The van der Waals surface area contributed by atoms with Crippen LogP contribution in [0.3, 0.4) is 0 Å². The third-order valence-corrected chi connectivity index (χ3v) is 3.71. The zero-order chi connectivity index (χ0) is 13.7. The molecule has 0 aromatic heterocycles. The van der Waals surface area contributed by atoms with E-state index in [9.17, 15) is 14.5 Å². The first-order valence-electron chi connectivity index (χ1n) is 6.84. The number of hydrogen-bond donors (Lipinski definition) is 1. The number of nitrogens with zero attached hydrogens (tertiary/aromatic N) is 1. The highest BCUT2D eigenvalue weighted by molar-refractivity contribution is 5.49. The molecule has 5 heteroatoms. The Hall–Kier alpha value is -1.65. The van der Waals surface area contributed by atoms with E-state index in [4.69, 9.17) is 0 Å². The number of nitro groups is 1. The Balaban J connectivity index is 1.92. The molecule has 0 atom stereocenters. The summed E-state index contributed by atoms with van der Waals surface area (Å²) in [7, 11) is 0. The van der Waals surface area contributed by atoms with Crippen LogP contribution in [-0.4, -0.2) is 11.5 Å². The van der Waals surface area contributed by atoms with Gasteiger partial charge in [0.2, 0.25) is 5.82 Å². The average Bonchev–Trinajstić information content (AvgIpc) is 2.64. The minimum Gasteiger partial charge on any atom is -0.385 e. The Morgan fingerprint density at radius 3 is 2.53 bits per heavy atom. The molecule has 0 spiro atoms. The van der Waals surface area contributed by atoms with E-state index in [-0.39, 0.29) is 0 Å². The van der Waals surface area contributed by atoms with E-state index in [1.165, 1.54) is 50.7 Å². The van der Waals surface area contributed by atoms with Crippen LogP contribution in [0.4, 0.5) is 15.8 Å². The lowest BCUT2D eigenvalue weighted by Gasteiger charge is -2.15. The summed E-state index contributed by atoms with van der Waals surface area (Å²) in [6.45, 7) is 0.817. The predicted octanol–water partition coefficient (Wildman–Crippen LogP) is 4.12. The molecule has 1 saturated carbocycles. The first-order chi connectivity index (χ1) is 9.16. The van der Waals surface area contributed by atoms with Gasteiger partial charge in [-0.2, -0.15) is 4.39 Å². The highest BCUT2D eigenvalue weighted by atomic mass is 19.1. The van der Waals surface area contributed by atoms with E-state index in [2.05, 4.69) is 5.32 Å². The topological polar surface area (TPSA) is 55.2 Å². The Morgan fingerprint density at radius 2 is 1.95 bits per heavy atom. The van der Waals surface area contributed by atoms with E-state index < -0.39 is 16.4 Å². The molecule has 19 heavy (non-hydrogen) atoms. The maximum Gasteiger partial charge on any atom is 0.304 e. The van der Waals surface area contributed by atoms with Gasteiger partial charge in [-0.05, 0) is 24.8 Å². The lowest BCUT2D eigenvalue weighted by atomic mass is 10.0. The number of benzene rings is 1. The van der Waals surface area contributed by atoms with Crippen molar-refractivity contribution < 1.29 is 9.31 Å². The molecule has 1 N–H and O–H groups in total. The molecule has 1 aliphatic carbocycles. The zero-order valence-corrected chi connectivity index (χ0v) is 10.9. The monoisotopic (exact) mass is 266 g/mol. The number of anilines is 1. The smallest absolute Gasteiger partial charge is 0.304 e. The van der Waals surface area contributed by atoms with Crippen LogP contribution in [0.2, 0.25) is 0 Å². The molecule has 2 rings (SSSR count). The maximum atomic E-state index is 13.4. The van der Waals surface area contributed by atoms with Gasteiger partial charge in [-0.3, -0.25) is 10.1 Å². The van der Waals surface area contributed by atoms with Gasteiger partial charge in [-0.25, -0.2) is 0 Å². The van der Waals surface area contributed by atoms with Crippen molar-refractivity contribution in [2.75, 3.05) is 11.9 Å². The average molecular weight is 266 g/mol. The van der Waals surface area contributed by atoms with E-state index in [1.54, 1.807) is 6.07 Å². The lowest BCUT2D eigenvalue weighted by Crippen LogP contribution is -2.13. The van der Waals surface area contributed by atoms with Gasteiger partial charge in [-0.15, -0.1) is 0 Å². The Bertz CT molecular complexity index is 443. The van der Waals surface area contributed by atoms with E-state index in [1.807, 2.05) is 0 Å². The van der Waals surface area contributed by atoms with Crippen LogP contribution in [0.25, 0.3) is 0 Å². The van der Waals surface area contributed by atoms with Gasteiger partial charge in [0.1, 0.15) is 0 Å². The van der Waals surface area contributed by atoms with Gasteiger partial charge in [0.25, 0.3) is 0 Å². The number of hydrogen-bond acceptors (Lipinski definition) is 3. The highest BCUT2D eigenvalue weighted by Crippen LogP contribution is 2.25. The van der Waals surface area contributed by atoms with Crippen LogP contribution >= 0.6 is 0 Å². The van der Waals surface area contributed by atoms with Crippen molar-refractivity contribution in [2.45, 2.75) is 38.5 Å². The fourth-order valence-electron chi connectivity index (χ4n) is 2.60. The SMILES string of the molecule is O=[N+]([O-])c1ccc(NCC2CCCCCC2)cc1F. The van der Waals surface area contributed by atoms with Gasteiger partial charge in [0.15, 0.2) is 0 Å². The first-order valence-corrected chi connectivity index (χ1v) is 6.84. The quantitative estimate of drug-likeness (QED) is 0.506. The third-order valence-electron chi connectivity index (χ3n) is 3.71. The van der Waals surface area contributed by atoms with Crippen molar-refractivity contribution in [3.05, 3.63) is 34.1 Å². The summed E-state index contributed by atoms with van der Waals surface area (Å²) in [6, 6.07) is 3.98. The summed E-state index contributed by atoms with van der Waals surface area (Å²) < 4.78 is 13.4. The number of halogens is 1. The zero-order valence-electron chi connectivity index (χ0n) is 10.9. The summed E-state index contributed by atoms with van der Waals surface area (Å²) in [5.74, 6) is -0.156. The predicted molar refractivity (Wildman–Crippen MR) is 72.7 cm³/mol. The Kier molecular flexibility index (Phi) is 4.71. The summed E-state index contributed by atoms with van der Waals surface area (Å²) >= 11 is 0. The molecule has 0 aliphatic heterocycles. The summed E-state index contributed by atoms with van der Waals surface area (Å²) in [5, 5.41) is 13.7. The van der Waals surface area contributed by atoms with E-state index in [0.29, 0.717) is 11.6 Å². The molecule has 1 aromatic carbocycles. The minimum atomic E-state index is -0.782. The minimum absolute atomic E-state index is 0.472. The molecule has 0 heterocycles. The molecule has 0 unspecified atom stereocenters. The maximum absolute atomic E-state index is 13.4. The van der Waals surface area contributed by atoms with Crippen molar-refractivity contribution in [1.82, 2.24) is 0 Å². The molecule has 0 saturated heterocycles. The molecule has 1 fully saturated rings. The summed E-state index contributed by atoms with van der Waals surface area (Å²) in [5.41, 5.74) is 0.146. The largest absolute Gasteiger partial charge is 0.385 e. The van der Waals surface area contributed by atoms with Crippen LogP contribution in [0.1, 0.15) is 38.5 Å². The van der Waals surface area contributed by atoms with Crippen LogP contribution < -0.4 is 5.32 Å². The van der Waals surface area contributed by atoms with Gasteiger partial charge in [0.05, 0.1) is 4.92 Å². The lowest BCUT2D eigenvalue weighted by molar-refractivity contribution is -0.387. The number of rotatable bonds is 4. The molecule has 0 amide bonds.